The zero-order valence-corrected chi connectivity index (χ0v) is 16.4. The Bertz CT molecular complexity index is 861. The van der Waals surface area contributed by atoms with E-state index >= 15 is 0 Å². The van der Waals surface area contributed by atoms with Gasteiger partial charge >= 0.3 is 0 Å². The molecule has 1 aliphatic rings. The summed E-state index contributed by atoms with van der Waals surface area (Å²) in [5.41, 5.74) is 1.14. The molecule has 28 heavy (non-hydrogen) atoms. The number of nitrogens with zero attached hydrogens (tertiary/aromatic N) is 1. The summed E-state index contributed by atoms with van der Waals surface area (Å²) in [5, 5.41) is 2.33. The number of nitrogens with one attached hydrogen (secondary N) is 1. The molecule has 1 aromatic carbocycles. The number of allylic oxidation sites excluding steroid dienone is 4. The average Bonchev–Trinajstić information content (AvgIpc) is 2.94. The quantitative estimate of drug-likeness (QED) is 0.458. The lowest BCUT2D eigenvalue weighted by Crippen LogP contribution is -2.33. The zero-order chi connectivity index (χ0) is 21.0. The molecule has 0 bridgehead atoms. The van der Waals surface area contributed by atoms with Crippen molar-refractivity contribution in [1.29, 1.82) is 0 Å². The number of carbonyl (C=O) groups excluding carboxylic acids is 2. The van der Waals surface area contributed by atoms with E-state index in [0.29, 0.717) is 17.9 Å². The first-order valence-corrected chi connectivity index (χ1v) is 8.75. The van der Waals surface area contributed by atoms with Crippen LogP contribution in [0.4, 0.5) is 14.5 Å². The fourth-order valence-electron chi connectivity index (χ4n) is 3.16. The highest BCUT2D eigenvalue weighted by molar-refractivity contribution is 6.08. The molecular weight excluding hydrogens is 366 g/mol. The maximum absolute atomic E-state index is 13.9. The van der Waals surface area contributed by atoms with Gasteiger partial charge in [-0.25, -0.2) is 8.78 Å². The van der Waals surface area contributed by atoms with Gasteiger partial charge in [0, 0.05) is 19.5 Å². The van der Waals surface area contributed by atoms with Crippen LogP contribution in [0.15, 0.2) is 53.8 Å². The van der Waals surface area contributed by atoms with Gasteiger partial charge in [0.1, 0.15) is 5.92 Å². The summed E-state index contributed by atoms with van der Waals surface area (Å²) in [6.07, 6.45) is 3.59. The number of ether oxygens (including phenoxy) is 1. The Morgan fingerprint density at radius 3 is 2.64 bits per heavy atom. The minimum Gasteiger partial charge on any atom is -0.501 e. The highest BCUT2D eigenvalue weighted by atomic mass is 19.2. The molecule has 0 aliphatic carbocycles. The van der Waals surface area contributed by atoms with Gasteiger partial charge in [-0.05, 0) is 43.2 Å². The minimum atomic E-state index is -1.17. The van der Waals surface area contributed by atoms with Crippen LogP contribution in [0, 0.1) is 23.5 Å². The Balaban J connectivity index is 2.26. The van der Waals surface area contributed by atoms with Gasteiger partial charge in [-0.3, -0.25) is 9.59 Å². The van der Waals surface area contributed by atoms with Gasteiger partial charge in [0.2, 0.25) is 11.8 Å². The van der Waals surface area contributed by atoms with Crippen molar-refractivity contribution in [2.24, 2.45) is 11.8 Å². The summed E-state index contributed by atoms with van der Waals surface area (Å²) in [4.78, 5) is 26.7. The molecule has 0 saturated carbocycles. The minimum absolute atomic E-state index is 0.304. The first kappa shape index (κ1) is 21.3. The van der Waals surface area contributed by atoms with E-state index in [4.69, 9.17) is 4.74 Å². The largest absolute Gasteiger partial charge is 0.501 e. The number of benzene rings is 1. The lowest BCUT2D eigenvalue weighted by Gasteiger charge is -2.17. The highest BCUT2D eigenvalue weighted by Crippen LogP contribution is 2.32. The Morgan fingerprint density at radius 1 is 1.32 bits per heavy atom. The van der Waals surface area contributed by atoms with Crippen molar-refractivity contribution in [3.63, 3.8) is 0 Å². The lowest BCUT2D eigenvalue weighted by molar-refractivity contribution is -0.135. The van der Waals surface area contributed by atoms with Crippen LogP contribution in [-0.4, -0.2) is 37.4 Å². The molecule has 1 saturated heterocycles. The summed E-state index contributed by atoms with van der Waals surface area (Å²) in [6, 6.07) is 3.47. The second kappa shape index (κ2) is 8.82. The highest BCUT2D eigenvalue weighted by Gasteiger charge is 2.44. The van der Waals surface area contributed by atoms with E-state index < -0.39 is 35.3 Å². The van der Waals surface area contributed by atoms with Gasteiger partial charge in [0.05, 0.1) is 18.6 Å². The second-order valence-corrected chi connectivity index (χ2v) is 6.82. The summed E-state index contributed by atoms with van der Waals surface area (Å²) in [6.45, 7) is 7.97. The van der Waals surface area contributed by atoms with Crippen molar-refractivity contribution >= 4 is 17.5 Å². The third-order valence-corrected chi connectivity index (χ3v) is 4.65. The molecule has 150 valence electrons. The number of rotatable bonds is 6. The van der Waals surface area contributed by atoms with Gasteiger partial charge in [-0.2, -0.15) is 0 Å². The molecule has 0 aromatic heterocycles. The maximum atomic E-state index is 13.9. The smallest absolute Gasteiger partial charge is 0.237 e. The molecule has 7 heteroatoms. The second-order valence-electron chi connectivity index (χ2n) is 6.82. The number of halogens is 2. The molecule has 1 N–H and O–H groups in total. The molecule has 0 radical (unpaired) electrons. The molecule has 1 heterocycles. The third kappa shape index (κ3) is 4.65. The first-order chi connectivity index (χ1) is 13.1. The number of hydrogen-bond acceptors (Lipinski definition) is 3. The van der Waals surface area contributed by atoms with Crippen LogP contribution < -0.4 is 5.32 Å². The summed E-state index contributed by atoms with van der Waals surface area (Å²) in [5.74, 6) is -4.18. The monoisotopic (exact) mass is 390 g/mol. The fourth-order valence-corrected chi connectivity index (χ4v) is 3.16. The lowest BCUT2D eigenvalue weighted by atomic mass is 9.87. The summed E-state index contributed by atoms with van der Waals surface area (Å²) >= 11 is 0. The zero-order valence-electron chi connectivity index (χ0n) is 16.4. The van der Waals surface area contributed by atoms with Crippen LogP contribution >= 0.6 is 0 Å². The van der Waals surface area contributed by atoms with E-state index in [9.17, 15) is 18.4 Å². The number of amides is 2. The Morgan fingerprint density at radius 2 is 2.00 bits per heavy atom. The molecule has 1 fully saturated rings. The van der Waals surface area contributed by atoms with Crippen LogP contribution in [0.25, 0.3) is 0 Å². The standard InChI is InChI=1S/C21H24F2N2O3/c1-12(10-14(3)28-5)9-13(2)15-11-25(4)21(27)18(15)20(26)24-17-8-6-7-16(22)19(17)23/h6-10,15,18H,2,11H2,1,3-5H3,(H,24,26)/b12-9-,14-10+/t15-,18+/m0/s1. The number of methoxy groups -OCH3 is 1. The Hall–Kier alpha value is -2.96. The van der Waals surface area contributed by atoms with E-state index in [0.717, 1.165) is 11.6 Å². The van der Waals surface area contributed by atoms with Gasteiger partial charge in [0.15, 0.2) is 11.6 Å². The van der Waals surface area contributed by atoms with Crippen molar-refractivity contribution < 1.29 is 23.1 Å². The molecule has 2 rings (SSSR count). The fraction of sp³-hybridized carbons (Fsp3) is 0.333. The van der Waals surface area contributed by atoms with Gasteiger partial charge < -0.3 is 15.0 Å². The topological polar surface area (TPSA) is 58.6 Å². The molecule has 1 aromatic rings. The van der Waals surface area contributed by atoms with Crippen LogP contribution in [0.2, 0.25) is 0 Å². The number of anilines is 1. The number of hydrogen-bond donors (Lipinski definition) is 1. The first-order valence-electron chi connectivity index (χ1n) is 8.75. The average molecular weight is 390 g/mol. The molecular formula is C21H24F2N2O3. The molecule has 0 unspecified atom stereocenters. The van der Waals surface area contributed by atoms with Crippen molar-refractivity contribution in [3.8, 4) is 0 Å². The SMILES string of the molecule is C=C(/C=C(C)\C=C(/C)OC)[C@@H]1CN(C)C(=O)[C@H]1C(=O)Nc1cccc(F)c1F. The molecule has 5 nitrogen and oxygen atoms in total. The summed E-state index contributed by atoms with van der Waals surface area (Å²) < 4.78 is 32.4. The van der Waals surface area contributed by atoms with E-state index in [2.05, 4.69) is 11.9 Å². The normalized spacial score (nSPS) is 20.4. The van der Waals surface area contributed by atoms with E-state index in [1.807, 2.05) is 13.0 Å². The maximum Gasteiger partial charge on any atom is 0.237 e. The number of carbonyl (C=O) groups is 2. The van der Waals surface area contributed by atoms with Gasteiger partial charge in [-0.1, -0.05) is 18.7 Å². The predicted molar refractivity (Wildman–Crippen MR) is 103 cm³/mol. The van der Waals surface area contributed by atoms with E-state index in [1.54, 1.807) is 27.2 Å². The van der Waals surface area contributed by atoms with Crippen LogP contribution in [-0.2, 0) is 14.3 Å². The molecule has 2 amide bonds. The van der Waals surface area contributed by atoms with E-state index in [-0.39, 0.29) is 5.69 Å². The van der Waals surface area contributed by atoms with Crippen LogP contribution in [0.3, 0.4) is 0 Å². The van der Waals surface area contributed by atoms with E-state index in [1.165, 1.54) is 17.0 Å². The molecule has 1 aliphatic heterocycles. The van der Waals surface area contributed by atoms with Crippen molar-refractivity contribution in [3.05, 3.63) is 65.5 Å². The third-order valence-electron chi connectivity index (χ3n) is 4.65. The summed E-state index contributed by atoms with van der Waals surface area (Å²) in [7, 11) is 3.15. The van der Waals surface area contributed by atoms with Gasteiger partial charge in [-0.15, -0.1) is 0 Å². The van der Waals surface area contributed by atoms with Crippen LogP contribution in [0.5, 0.6) is 0 Å². The van der Waals surface area contributed by atoms with Gasteiger partial charge in [0.25, 0.3) is 0 Å². The van der Waals surface area contributed by atoms with Crippen molar-refractivity contribution in [2.75, 3.05) is 26.0 Å². The molecule has 0 spiro atoms. The Kier molecular flexibility index (Phi) is 6.72. The van der Waals surface area contributed by atoms with Crippen molar-refractivity contribution in [2.45, 2.75) is 13.8 Å². The number of likely N-dealkylation sites (tertiary alicyclic amines) is 1. The van der Waals surface area contributed by atoms with Crippen LogP contribution in [0.1, 0.15) is 13.8 Å². The molecule has 2 atom stereocenters. The predicted octanol–water partition coefficient (Wildman–Crippen LogP) is 3.66. The Labute approximate surface area is 163 Å². The van der Waals surface area contributed by atoms with Crippen molar-refractivity contribution in [1.82, 2.24) is 4.90 Å².